The molecule has 1 aromatic heterocycles. The topological polar surface area (TPSA) is 85.1 Å². The van der Waals surface area contributed by atoms with Crippen LogP contribution in [0.3, 0.4) is 0 Å². The van der Waals surface area contributed by atoms with Crippen LogP contribution in [0.1, 0.15) is 18.9 Å². The molecule has 5 nitrogen and oxygen atoms in total. The third kappa shape index (κ3) is 3.53. The third-order valence-electron chi connectivity index (χ3n) is 1.76. The number of hydrogen-bond acceptors (Lipinski definition) is 5. The van der Waals surface area contributed by atoms with Crippen LogP contribution in [0.25, 0.3) is 0 Å². The maximum Gasteiger partial charge on any atom is 0.213 e. The molecule has 0 saturated heterocycles. The highest BCUT2D eigenvalue weighted by Gasteiger charge is 2.28. The maximum atomic E-state index is 11.5. The summed E-state index contributed by atoms with van der Waals surface area (Å²) in [5.74, 6) is -0.0677. The van der Waals surface area contributed by atoms with Crippen molar-refractivity contribution in [2.24, 2.45) is 5.73 Å². The Balaban J connectivity index is 2.81. The number of aromatic nitrogens is 1. The summed E-state index contributed by atoms with van der Waals surface area (Å²) in [6.07, 6.45) is 1.65. The van der Waals surface area contributed by atoms with Gasteiger partial charge < -0.3 is 5.73 Å². The number of nitrogens with one attached hydrogen (secondary N) is 1. The fourth-order valence-corrected chi connectivity index (χ4v) is 3.24. The van der Waals surface area contributed by atoms with Crippen molar-refractivity contribution in [1.29, 1.82) is 0 Å². The number of hydrogen-bond donors (Lipinski definition) is 2. The van der Waals surface area contributed by atoms with Crippen LogP contribution < -0.4 is 10.5 Å². The van der Waals surface area contributed by atoms with E-state index in [0.29, 0.717) is 0 Å². The number of nitrogens with zero attached hydrogens (tertiary/aromatic N) is 1. The molecule has 0 aromatic carbocycles. The van der Waals surface area contributed by atoms with Gasteiger partial charge in [0.15, 0.2) is 0 Å². The molecular weight excluding hydrogens is 234 g/mol. The number of nitrogens with two attached hydrogens (primary N) is 1. The van der Waals surface area contributed by atoms with Crippen molar-refractivity contribution in [3.63, 3.8) is 0 Å². The van der Waals surface area contributed by atoms with Gasteiger partial charge in [-0.1, -0.05) is 0 Å². The average Bonchev–Trinajstić information content (AvgIpc) is 2.52. The van der Waals surface area contributed by atoms with Gasteiger partial charge in [0.25, 0.3) is 0 Å². The van der Waals surface area contributed by atoms with Gasteiger partial charge in [0.1, 0.15) is 5.01 Å². The summed E-state index contributed by atoms with van der Waals surface area (Å²) >= 11 is 1.42. The van der Waals surface area contributed by atoms with Crippen molar-refractivity contribution in [3.05, 3.63) is 16.6 Å². The van der Waals surface area contributed by atoms with Crippen molar-refractivity contribution in [1.82, 2.24) is 9.71 Å². The molecule has 0 bridgehead atoms. The molecule has 1 heterocycles. The van der Waals surface area contributed by atoms with E-state index >= 15 is 0 Å². The summed E-state index contributed by atoms with van der Waals surface area (Å²) in [5.41, 5.74) is 4.54. The van der Waals surface area contributed by atoms with E-state index in [1.165, 1.54) is 11.3 Å². The number of rotatable bonds is 5. The standard InChI is InChI=1S/C8H15N3O2S2/c1-8(2,7-10-4-5-14-7)11-15(12,13)6-3-9/h4-5,11H,3,6,9H2,1-2H3. The van der Waals surface area contributed by atoms with Crippen LogP contribution in [-0.2, 0) is 15.6 Å². The second-order valence-electron chi connectivity index (χ2n) is 3.67. The summed E-state index contributed by atoms with van der Waals surface area (Å²) in [6, 6.07) is 0. The Morgan fingerprint density at radius 2 is 2.27 bits per heavy atom. The van der Waals surface area contributed by atoms with Crippen LogP contribution in [0.4, 0.5) is 0 Å². The van der Waals surface area contributed by atoms with Crippen molar-refractivity contribution in [2.75, 3.05) is 12.3 Å². The largest absolute Gasteiger partial charge is 0.329 e. The minimum absolute atomic E-state index is 0.0677. The van der Waals surface area contributed by atoms with Crippen molar-refractivity contribution >= 4 is 21.4 Å². The second kappa shape index (κ2) is 4.56. The SMILES string of the molecule is CC(C)(NS(=O)(=O)CCN)c1nccs1. The van der Waals surface area contributed by atoms with E-state index in [1.807, 2.05) is 5.38 Å². The Morgan fingerprint density at radius 3 is 2.73 bits per heavy atom. The van der Waals surface area contributed by atoms with Gasteiger partial charge in [0, 0.05) is 18.1 Å². The first-order chi connectivity index (χ1) is 6.87. The van der Waals surface area contributed by atoms with Gasteiger partial charge in [0.2, 0.25) is 10.0 Å². The van der Waals surface area contributed by atoms with Gasteiger partial charge in [-0.3, -0.25) is 0 Å². The lowest BCUT2D eigenvalue weighted by atomic mass is 10.1. The van der Waals surface area contributed by atoms with Crippen LogP contribution in [0.5, 0.6) is 0 Å². The molecule has 0 atom stereocenters. The molecule has 0 aliphatic carbocycles. The van der Waals surface area contributed by atoms with E-state index < -0.39 is 15.6 Å². The quantitative estimate of drug-likeness (QED) is 0.783. The van der Waals surface area contributed by atoms with Crippen LogP contribution >= 0.6 is 11.3 Å². The minimum Gasteiger partial charge on any atom is -0.329 e. The van der Waals surface area contributed by atoms with Crippen molar-refractivity contribution < 1.29 is 8.42 Å². The van der Waals surface area contributed by atoms with Crippen LogP contribution in [0, 0.1) is 0 Å². The highest BCUT2D eigenvalue weighted by Crippen LogP contribution is 2.22. The molecule has 7 heteroatoms. The highest BCUT2D eigenvalue weighted by atomic mass is 32.2. The molecule has 0 spiro atoms. The van der Waals surface area contributed by atoms with E-state index in [-0.39, 0.29) is 12.3 Å². The first-order valence-corrected chi connectivity index (χ1v) is 7.02. The molecule has 0 unspecified atom stereocenters. The molecule has 86 valence electrons. The van der Waals surface area contributed by atoms with Gasteiger partial charge in [-0.15, -0.1) is 11.3 Å². The minimum atomic E-state index is -3.32. The van der Waals surface area contributed by atoms with Gasteiger partial charge in [-0.05, 0) is 13.8 Å². The first kappa shape index (κ1) is 12.6. The summed E-state index contributed by atoms with van der Waals surface area (Å²) in [6.45, 7) is 3.67. The molecule has 3 N–H and O–H groups in total. The molecule has 1 aromatic rings. The lowest BCUT2D eigenvalue weighted by molar-refractivity contribution is 0.470. The Hall–Kier alpha value is -0.500. The molecule has 0 fully saturated rings. The summed E-state index contributed by atoms with van der Waals surface area (Å²) < 4.78 is 25.6. The van der Waals surface area contributed by atoms with Crippen LogP contribution in [-0.4, -0.2) is 25.7 Å². The van der Waals surface area contributed by atoms with Gasteiger partial charge in [0.05, 0.1) is 11.3 Å². The van der Waals surface area contributed by atoms with Gasteiger partial charge in [-0.2, -0.15) is 0 Å². The molecule has 0 amide bonds. The zero-order chi connectivity index (χ0) is 11.5. The molecule has 1 rings (SSSR count). The van der Waals surface area contributed by atoms with Gasteiger partial charge >= 0.3 is 0 Å². The Labute approximate surface area is 93.8 Å². The average molecular weight is 249 g/mol. The van der Waals surface area contributed by atoms with E-state index in [2.05, 4.69) is 9.71 Å². The number of sulfonamides is 1. The van der Waals surface area contributed by atoms with Crippen LogP contribution in [0.2, 0.25) is 0 Å². The monoisotopic (exact) mass is 249 g/mol. The molecule has 0 saturated carbocycles. The number of thiazole rings is 1. The van der Waals surface area contributed by atoms with E-state index in [4.69, 9.17) is 5.73 Å². The predicted octanol–water partition coefficient (Wildman–Crippen LogP) is 0.256. The Bertz CT molecular complexity index is 398. The summed E-state index contributed by atoms with van der Waals surface area (Å²) in [4.78, 5) is 4.09. The lowest BCUT2D eigenvalue weighted by Gasteiger charge is -2.23. The Morgan fingerprint density at radius 1 is 1.60 bits per heavy atom. The zero-order valence-electron chi connectivity index (χ0n) is 8.73. The molecule has 0 aliphatic heterocycles. The van der Waals surface area contributed by atoms with Crippen molar-refractivity contribution in [2.45, 2.75) is 19.4 Å². The predicted molar refractivity (Wildman–Crippen MR) is 61.1 cm³/mol. The lowest BCUT2D eigenvalue weighted by Crippen LogP contribution is -2.43. The second-order valence-corrected chi connectivity index (χ2v) is 6.41. The molecule has 15 heavy (non-hydrogen) atoms. The Kier molecular flexibility index (Phi) is 3.82. The normalized spacial score (nSPS) is 13.0. The molecule has 0 radical (unpaired) electrons. The maximum absolute atomic E-state index is 11.5. The molecule has 0 aliphatic rings. The highest BCUT2D eigenvalue weighted by molar-refractivity contribution is 7.89. The van der Waals surface area contributed by atoms with E-state index in [9.17, 15) is 8.42 Å². The summed E-state index contributed by atoms with van der Waals surface area (Å²) in [5, 5.41) is 2.55. The van der Waals surface area contributed by atoms with E-state index in [1.54, 1.807) is 20.0 Å². The van der Waals surface area contributed by atoms with Crippen LogP contribution in [0.15, 0.2) is 11.6 Å². The summed E-state index contributed by atoms with van der Waals surface area (Å²) in [7, 11) is -3.32. The zero-order valence-corrected chi connectivity index (χ0v) is 10.4. The fraction of sp³-hybridized carbons (Fsp3) is 0.625. The first-order valence-electron chi connectivity index (χ1n) is 4.49. The van der Waals surface area contributed by atoms with E-state index in [0.717, 1.165) is 5.01 Å². The fourth-order valence-electron chi connectivity index (χ4n) is 1.17. The van der Waals surface area contributed by atoms with Crippen molar-refractivity contribution in [3.8, 4) is 0 Å². The smallest absolute Gasteiger partial charge is 0.213 e. The third-order valence-corrected chi connectivity index (χ3v) is 4.46. The molecular formula is C8H15N3O2S2. The van der Waals surface area contributed by atoms with Gasteiger partial charge in [-0.25, -0.2) is 18.1 Å².